The third kappa shape index (κ3) is 4.98. The van der Waals surface area contributed by atoms with Gasteiger partial charge in [0.2, 0.25) is 17.7 Å². The number of hydrogen-bond acceptors (Lipinski definition) is 6. The molecular formula is C16H11I2N5O2. The second-order valence-corrected chi connectivity index (χ2v) is 7.37. The summed E-state index contributed by atoms with van der Waals surface area (Å²) in [6.45, 7) is 0. The molecule has 3 rings (SSSR count). The molecular weight excluding hydrogens is 548 g/mol. The van der Waals surface area contributed by atoms with Crippen LogP contribution in [0.2, 0.25) is 0 Å². The van der Waals surface area contributed by atoms with Gasteiger partial charge in [0.15, 0.2) is 0 Å². The molecule has 0 aliphatic rings. The lowest BCUT2D eigenvalue weighted by Crippen LogP contribution is -2.11. The van der Waals surface area contributed by atoms with Crippen molar-refractivity contribution >= 4 is 74.4 Å². The normalized spacial score (nSPS) is 10.3. The van der Waals surface area contributed by atoms with E-state index < -0.39 is 5.97 Å². The number of aromatic nitrogens is 3. The van der Waals surface area contributed by atoms with Gasteiger partial charge in [-0.15, -0.1) is 0 Å². The molecule has 0 bridgehead atoms. The van der Waals surface area contributed by atoms with Gasteiger partial charge in [-0.3, -0.25) is 0 Å². The molecule has 0 saturated carbocycles. The summed E-state index contributed by atoms with van der Waals surface area (Å²) >= 11 is 4.41. The Balaban J connectivity index is 1.89. The van der Waals surface area contributed by atoms with Gasteiger partial charge in [0, 0.05) is 18.5 Å². The second kappa shape index (κ2) is 7.91. The minimum atomic E-state index is -1.22. The summed E-state index contributed by atoms with van der Waals surface area (Å²) in [5.74, 6) is -1.25. The van der Waals surface area contributed by atoms with Gasteiger partial charge in [0.25, 0.3) is 0 Å². The van der Waals surface area contributed by atoms with E-state index in [9.17, 15) is 9.90 Å². The minimum Gasteiger partial charge on any atom is -0.475 e. The summed E-state index contributed by atoms with van der Waals surface area (Å²) < 4.78 is 2.18. The summed E-state index contributed by atoms with van der Waals surface area (Å²) in [5, 5.41) is 15.2. The first-order chi connectivity index (χ1) is 12.0. The van der Waals surface area contributed by atoms with E-state index in [1.165, 1.54) is 0 Å². The van der Waals surface area contributed by atoms with Gasteiger partial charge < -0.3 is 15.7 Å². The number of carbonyl (C=O) groups is 1. The number of carboxylic acid groups (broad SMARTS) is 1. The molecule has 7 nitrogen and oxygen atoms in total. The van der Waals surface area contributed by atoms with Gasteiger partial charge in [0.05, 0.1) is 0 Å². The van der Waals surface area contributed by atoms with E-state index in [-0.39, 0.29) is 17.7 Å². The van der Waals surface area contributed by atoms with Crippen LogP contribution in [0.1, 0.15) is 10.6 Å². The van der Waals surface area contributed by atoms with Crippen molar-refractivity contribution in [3.63, 3.8) is 0 Å². The highest BCUT2D eigenvalue weighted by Gasteiger charge is 2.13. The van der Waals surface area contributed by atoms with Crippen LogP contribution in [-0.2, 0) is 0 Å². The minimum absolute atomic E-state index is 0.154. The Kier molecular flexibility index (Phi) is 5.63. The lowest BCUT2D eigenvalue weighted by Gasteiger charge is -2.09. The fourth-order valence-corrected chi connectivity index (χ4v) is 2.63. The maximum Gasteiger partial charge on any atom is 0.374 e. The molecule has 0 atom stereocenters. The first-order valence-electron chi connectivity index (χ1n) is 7.04. The molecule has 0 aliphatic heterocycles. The number of carboxylic acids is 1. The maximum absolute atomic E-state index is 11.3. The fourth-order valence-electron chi connectivity index (χ4n) is 1.91. The Hall–Kier alpha value is -2.02. The van der Waals surface area contributed by atoms with Crippen LogP contribution < -0.4 is 10.6 Å². The van der Waals surface area contributed by atoms with Crippen LogP contribution in [0.3, 0.4) is 0 Å². The Labute approximate surface area is 170 Å². The van der Waals surface area contributed by atoms with Gasteiger partial charge in [-0.1, -0.05) is 0 Å². The number of hydrogen-bond donors (Lipinski definition) is 3. The standard InChI is InChI=1S/C16H11I2N5O2/c17-9-1-5-11(6-2-9)19-15-21-13(14(24)25)22-16(23-15)20-12-7-3-10(18)4-8-12/h1-8H,(H,24,25)(H2,19,20,21,22,23). The summed E-state index contributed by atoms with van der Waals surface area (Å²) in [4.78, 5) is 23.4. The lowest BCUT2D eigenvalue weighted by atomic mass is 10.3. The Morgan fingerprint density at radius 1 is 0.760 bits per heavy atom. The third-order valence-corrected chi connectivity index (χ3v) is 4.47. The van der Waals surface area contributed by atoms with Gasteiger partial charge >= 0.3 is 5.97 Å². The monoisotopic (exact) mass is 559 g/mol. The van der Waals surface area contributed by atoms with E-state index in [2.05, 4.69) is 70.8 Å². The van der Waals surface area contributed by atoms with Crippen molar-refractivity contribution in [2.24, 2.45) is 0 Å². The van der Waals surface area contributed by atoms with Gasteiger partial charge in [0.1, 0.15) is 0 Å². The molecule has 0 radical (unpaired) electrons. The number of benzene rings is 2. The van der Waals surface area contributed by atoms with E-state index in [1.54, 1.807) is 0 Å². The molecule has 3 N–H and O–H groups in total. The van der Waals surface area contributed by atoms with E-state index >= 15 is 0 Å². The average Bonchev–Trinajstić information content (AvgIpc) is 2.59. The predicted octanol–water partition coefficient (Wildman–Crippen LogP) is 4.27. The summed E-state index contributed by atoms with van der Waals surface area (Å²) in [6.07, 6.45) is 0. The molecule has 0 unspecified atom stereocenters. The van der Waals surface area contributed by atoms with Crippen molar-refractivity contribution < 1.29 is 9.90 Å². The van der Waals surface area contributed by atoms with Crippen LogP contribution in [0.4, 0.5) is 23.3 Å². The lowest BCUT2D eigenvalue weighted by molar-refractivity contribution is 0.0683. The van der Waals surface area contributed by atoms with Crippen LogP contribution in [0.5, 0.6) is 0 Å². The molecule has 0 fully saturated rings. The van der Waals surface area contributed by atoms with Gasteiger partial charge in [-0.2, -0.15) is 15.0 Å². The molecule has 3 aromatic rings. The maximum atomic E-state index is 11.3. The first-order valence-corrected chi connectivity index (χ1v) is 9.20. The average molecular weight is 559 g/mol. The van der Waals surface area contributed by atoms with Crippen molar-refractivity contribution in [3.8, 4) is 0 Å². The number of halogens is 2. The van der Waals surface area contributed by atoms with Gasteiger partial charge in [-0.05, 0) is 93.7 Å². The predicted molar refractivity (Wildman–Crippen MR) is 112 cm³/mol. The SMILES string of the molecule is O=C(O)c1nc(Nc2ccc(I)cc2)nc(Nc2ccc(I)cc2)n1. The van der Waals surface area contributed by atoms with E-state index in [1.807, 2.05) is 48.5 Å². The zero-order valence-corrected chi connectivity index (χ0v) is 16.9. The highest BCUT2D eigenvalue weighted by Crippen LogP contribution is 2.19. The highest BCUT2D eigenvalue weighted by atomic mass is 127. The van der Waals surface area contributed by atoms with Crippen LogP contribution in [0, 0.1) is 7.14 Å². The summed E-state index contributed by atoms with van der Waals surface area (Å²) in [6, 6.07) is 15.1. The Morgan fingerprint density at radius 2 is 1.16 bits per heavy atom. The third-order valence-electron chi connectivity index (χ3n) is 3.03. The van der Waals surface area contributed by atoms with Crippen molar-refractivity contribution in [3.05, 3.63) is 61.5 Å². The molecule has 126 valence electrons. The molecule has 0 spiro atoms. The smallest absolute Gasteiger partial charge is 0.374 e. The van der Waals surface area contributed by atoms with Crippen molar-refractivity contribution in [1.82, 2.24) is 15.0 Å². The molecule has 1 aromatic heterocycles. The van der Waals surface area contributed by atoms with Crippen LogP contribution in [0.15, 0.2) is 48.5 Å². The fraction of sp³-hybridized carbons (Fsp3) is 0. The summed E-state index contributed by atoms with van der Waals surface area (Å²) in [7, 11) is 0. The molecule has 2 aromatic carbocycles. The molecule has 25 heavy (non-hydrogen) atoms. The Bertz CT molecular complexity index is 836. The number of nitrogens with zero attached hydrogens (tertiary/aromatic N) is 3. The Morgan fingerprint density at radius 3 is 1.52 bits per heavy atom. The number of rotatable bonds is 5. The van der Waals surface area contributed by atoms with Crippen LogP contribution in [-0.4, -0.2) is 26.0 Å². The first kappa shape index (κ1) is 17.8. The van der Waals surface area contributed by atoms with Crippen LogP contribution >= 0.6 is 45.2 Å². The van der Waals surface area contributed by atoms with Crippen molar-refractivity contribution in [2.75, 3.05) is 10.6 Å². The van der Waals surface area contributed by atoms with Gasteiger partial charge in [-0.25, -0.2) is 4.79 Å². The quantitative estimate of drug-likeness (QED) is 0.402. The zero-order chi connectivity index (χ0) is 17.8. The number of aromatic carboxylic acids is 1. The number of anilines is 4. The van der Waals surface area contributed by atoms with Crippen molar-refractivity contribution in [2.45, 2.75) is 0 Å². The molecule has 0 amide bonds. The van der Waals surface area contributed by atoms with E-state index in [0.717, 1.165) is 18.5 Å². The number of nitrogens with one attached hydrogen (secondary N) is 2. The largest absolute Gasteiger partial charge is 0.475 e. The van der Waals surface area contributed by atoms with Crippen molar-refractivity contribution in [1.29, 1.82) is 0 Å². The second-order valence-electron chi connectivity index (χ2n) is 4.88. The van der Waals surface area contributed by atoms with E-state index in [4.69, 9.17) is 0 Å². The zero-order valence-electron chi connectivity index (χ0n) is 12.6. The molecule has 1 heterocycles. The van der Waals surface area contributed by atoms with Crippen LogP contribution in [0.25, 0.3) is 0 Å². The highest BCUT2D eigenvalue weighted by molar-refractivity contribution is 14.1. The summed E-state index contributed by atoms with van der Waals surface area (Å²) in [5.41, 5.74) is 1.51. The topological polar surface area (TPSA) is 100 Å². The molecule has 9 heteroatoms. The molecule has 0 saturated heterocycles. The molecule has 0 aliphatic carbocycles. The van der Waals surface area contributed by atoms with E-state index in [0.29, 0.717) is 0 Å².